The van der Waals surface area contributed by atoms with Crippen LogP contribution in [-0.2, 0) is 0 Å². The predicted octanol–water partition coefficient (Wildman–Crippen LogP) is 5.39. The predicted molar refractivity (Wildman–Crippen MR) is 108 cm³/mol. The Balaban J connectivity index is 1.85. The number of piperidine rings is 1. The third-order valence-electron chi connectivity index (χ3n) is 4.74. The van der Waals surface area contributed by atoms with Crippen molar-refractivity contribution in [2.24, 2.45) is 5.92 Å². The quantitative estimate of drug-likeness (QED) is 0.544. The minimum absolute atomic E-state index is 0.0700. The van der Waals surface area contributed by atoms with Crippen LogP contribution in [0.3, 0.4) is 0 Å². The minimum atomic E-state index is -0.471. The Morgan fingerprint density at radius 2 is 1.89 bits per heavy atom. The smallest absolute Gasteiger partial charge is 0.293 e. The van der Waals surface area contributed by atoms with E-state index in [2.05, 4.69) is 12.2 Å². The maximum absolute atomic E-state index is 12.5. The molecule has 1 N–H and O–H groups in total. The average molecular weight is 408 g/mol. The summed E-state index contributed by atoms with van der Waals surface area (Å²) in [5, 5.41) is 15.0. The molecule has 0 spiro atoms. The SMILES string of the molecule is CC1CCN(c2ccc(C(=O)Nc3ccc(Cl)cc3Cl)cc2[N+](=O)[O-])CC1. The molecule has 0 aromatic heterocycles. The van der Waals surface area contributed by atoms with Gasteiger partial charge in [-0.25, -0.2) is 0 Å². The van der Waals surface area contributed by atoms with Crippen LogP contribution in [0.25, 0.3) is 0 Å². The van der Waals surface area contributed by atoms with Crippen LogP contribution in [0.15, 0.2) is 36.4 Å². The maximum Gasteiger partial charge on any atom is 0.293 e. The molecule has 6 nitrogen and oxygen atoms in total. The van der Waals surface area contributed by atoms with E-state index in [-0.39, 0.29) is 11.3 Å². The fraction of sp³-hybridized carbons (Fsp3) is 0.316. The third-order valence-corrected chi connectivity index (χ3v) is 5.29. The number of nitrogens with one attached hydrogen (secondary N) is 1. The molecule has 142 valence electrons. The van der Waals surface area contributed by atoms with Crippen LogP contribution in [0.5, 0.6) is 0 Å². The molecule has 1 heterocycles. The first-order chi connectivity index (χ1) is 12.8. The second-order valence-corrected chi connectivity index (χ2v) is 7.55. The highest BCUT2D eigenvalue weighted by Crippen LogP contribution is 2.33. The summed E-state index contributed by atoms with van der Waals surface area (Å²) < 4.78 is 0. The van der Waals surface area contributed by atoms with Gasteiger partial charge in [-0.3, -0.25) is 14.9 Å². The summed E-state index contributed by atoms with van der Waals surface area (Å²) in [5.74, 6) is 0.149. The van der Waals surface area contributed by atoms with Gasteiger partial charge in [-0.05, 0) is 49.1 Å². The molecule has 1 aliphatic rings. The molecule has 1 fully saturated rings. The zero-order chi connectivity index (χ0) is 19.6. The summed E-state index contributed by atoms with van der Waals surface area (Å²) in [6, 6.07) is 9.26. The molecule has 0 saturated carbocycles. The van der Waals surface area contributed by atoms with Crippen molar-refractivity contribution in [2.75, 3.05) is 23.3 Å². The first-order valence-electron chi connectivity index (χ1n) is 8.65. The summed E-state index contributed by atoms with van der Waals surface area (Å²) in [6.07, 6.45) is 1.99. The van der Waals surface area contributed by atoms with E-state index in [0.717, 1.165) is 25.9 Å². The van der Waals surface area contributed by atoms with E-state index < -0.39 is 10.8 Å². The molecule has 2 aromatic rings. The molecule has 0 atom stereocenters. The lowest BCUT2D eigenvalue weighted by atomic mass is 9.98. The summed E-state index contributed by atoms with van der Waals surface area (Å²) >= 11 is 11.9. The molecular formula is C19H19Cl2N3O3. The molecule has 1 amide bonds. The molecule has 2 aromatic carbocycles. The Morgan fingerprint density at radius 3 is 2.52 bits per heavy atom. The van der Waals surface area contributed by atoms with Gasteiger partial charge in [-0.2, -0.15) is 0 Å². The Labute approximate surface area is 167 Å². The highest BCUT2D eigenvalue weighted by atomic mass is 35.5. The van der Waals surface area contributed by atoms with Crippen molar-refractivity contribution >= 4 is 46.2 Å². The Hall–Kier alpha value is -2.31. The summed E-state index contributed by atoms with van der Waals surface area (Å²) in [4.78, 5) is 25.6. The number of anilines is 2. The topological polar surface area (TPSA) is 75.5 Å². The molecule has 27 heavy (non-hydrogen) atoms. The van der Waals surface area contributed by atoms with Crippen LogP contribution in [0, 0.1) is 16.0 Å². The number of hydrogen-bond donors (Lipinski definition) is 1. The van der Waals surface area contributed by atoms with E-state index >= 15 is 0 Å². The van der Waals surface area contributed by atoms with E-state index in [1.165, 1.54) is 12.1 Å². The third kappa shape index (κ3) is 4.51. The molecule has 0 radical (unpaired) electrons. The van der Waals surface area contributed by atoms with Crippen LogP contribution in [0.1, 0.15) is 30.1 Å². The summed E-state index contributed by atoms with van der Waals surface area (Å²) in [7, 11) is 0. The fourth-order valence-electron chi connectivity index (χ4n) is 3.11. The van der Waals surface area contributed by atoms with Crippen molar-refractivity contribution in [3.05, 3.63) is 62.1 Å². The number of nitro benzene ring substituents is 1. The van der Waals surface area contributed by atoms with E-state index in [4.69, 9.17) is 23.2 Å². The van der Waals surface area contributed by atoms with E-state index in [1.54, 1.807) is 24.3 Å². The van der Waals surface area contributed by atoms with Gasteiger partial charge in [0.1, 0.15) is 5.69 Å². The Morgan fingerprint density at radius 1 is 1.19 bits per heavy atom. The van der Waals surface area contributed by atoms with E-state index in [1.807, 2.05) is 4.90 Å². The number of carbonyl (C=O) groups is 1. The van der Waals surface area contributed by atoms with Gasteiger partial charge in [0.15, 0.2) is 0 Å². The van der Waals surface area contributed by atoms with Crippen molar-refractivity contribution in [1.82, 2.24) is 0 Å². The van der Waals surface area contributed by atoms with Gasteiger partial charge in [0, 0.05) is 29.7 Å². The molecule has 1 saturated heterocycles. The van der Waals surface area contributed by atoms with Crippen molar-refractivity contribution in [3.8, 4) is 0 Å². The highest BCUT2D eigenvalue weighted by Gasteiger charge is 2.25. The summed E-state index contributed by atoms with van der Waals surface area (Å²) in [6.45, 7) is 3.73. The van der Waals surface area contributed by atoms with Crippen molar-refractivity contribution in [3.63, 3.8) is 0 Å². The van der Waals surface area contributed by atoms with Gasteiger partial charge >= 0.3 is 0 Å². The number of hydrogen-bond acceptors (Lipinski definition) is 4. The van der Waals surface area contributed by atoms with Crippen LogP contribution < -0.4 is 10.2 Å². The number of amides is 1. The van der Waals surface area contributed by atoms with Crippen molar-refractivity contribution in [2.45, 2.75) is 19.8 Å². The fourth-order valence-corrected chi connectivity index (χ4v) is 3.57. The lowest BCUT2D eigenvalue weighted by Crippen LogP contribution is -2.33. The van der Waals surface area contributed by atoms with Gasteiger partial charge in [0.05, 0.1) is 15.6 Å². The monoisotopic (exact) mass is 407 g/mol. The standard InChI is InChI=1S/C19H19Cl2N3O3/c1-12-6-8-23(9-7-12)17-5-2-13(10-18(17)24(26)27)19(25)22-16-4-3-14(20)11-15(16)21/h2-5,10-12H,6-9H2,1H3,(H,22,25). The van der Waals surface area contributed by atoms with Gasteiger partial charge in [0.2, 0.25) is 0 Å². The molecular weight excluding hydrogens is 389 g/mol. The van der Waals surface area contributed by atoms with E-state index in [0.29, 0.717) is 27.3 Å². The first-order valence-corrected chi connectivity index (χ1v) is 9.40. The van der Waals surface area contributed by atoms with Gasteiger partial charge in [-0.15, -0.1) is 0 Å². The normalized spacial score (nSPS) is 14.9. The number of rotatable bonds is 4. The first kappa shape index (κ1) is 19.5. The number of halogens is 2. The van der Waals surface area contributed by atoms with Gasteiger partial charge < -0.3 is 10.2 Å². The molecule has 0 aliphatic carbocycles. The average Bonchev–Trinajstić information content (AvgIpc) is 2.64. The summed E-state index contributed by atoms with van der Waals surface area (Å²) in [5.41, 5.74) is 1.07. The second-order valence-electron chi connectivity index (χ2n) is 6.71. The number of benzene rings is 2. The lowest BCUT2D eigenvalue weighted by molar-refractivity contribution is -0.384. The van der Waals surface area contributed by atoms with Crippen LogP contribution in [0.2, 0.25) is 10.0 Å². The highest BCUT2D eigenvalue weighted by molar-refractivity contribution is 6.36. The molecule has 1 aliphatic heterocycles. The van der Waals surface area contributed by atoms with Crippen LogP contribution in [0.4, 0.5) is 17.1 Å². The van der Waals surface area contributed by atoms with Crippen LogP contribution >= 0.6 is 23.2 Å². The second kappa shape index (κ2) is 8.15. The molecule has 3 rings (SSSR count). The Kier molecular flexibility index (Phi) is 5.87. The zero-order valence-electron chi connectivity index (χ0n) is 14.7. The van der Waals surface area contributed by atoms with Crippen LogP contribution in [-0.4, -0.2) is 23.9 Å². The lowest BCUT2D eigenvalue weighted by Gasteiger charge is -2.31. The molecule has 8 heteroatoms. The minimum Gasteiger partial charge on any atom is -0.366 e. The number of nitrogens with zero attached hydrogens (tertiary/aromatic N) is 2. The van der Waals surface area contributed by atoms with Crippen molar-refractivity contribution < 1.29 is 9.72 Å². The van der Waals surface area contributed by atoms with E-state index in [9.17, 15) is 14.9 Å². The number of nitro groups is 1. The van der Waals surface area contributed by atoms with Gasteiger partial charge in [-0.1, -0.05) is 30.1 Å². The van der Waals surface area contributed by atoms with Crippen molar-refractivity contribution in [1.29, 1.82) is 0 Å². The maximum atomic E-state index is 12.5. The largest absolute Gasteiger partial charge is 0.366 e. The molecule has 0 bridgehead atoms. The number of carbonyl (C=O) groups excluding carboxylic acids is 1. The molecule has 0 unspecified atom stereocenters. The zero-order valence-corrected chi connectivity index (χ0v) is 16.3. The Bertz CT molecular complexity index is 880. The van der Waals surface area contributed by atoms with Gasteiger partial charge in [0.25, 0.3) is 11.6 Å².